The van der Waals surface area contributed by atoms with Crippen LogP contribution in [0.15, 0.2) is 24.3 Å². The van der Waals surface area contributed by atoms with Crippen molar-refractivity contribution in [1.29, 1.82) is 0 Å². The molecule has 2 amide bonds. The number of nitrogens with one attached hydrogen (secondary N) is 1. The monoisotopic (exact) mass is 346 g/mol. The highest BCUT2D eigenvalue weighted by Crippen LogP contribution is 2.36. The lowest BCUT2D eigenvalue weighted by molar-refractivity contribution is -0.135. The number of likely N-dealkylation sites (N-methyl/N-ethyl adjacent to an activating group) is 2. The lowest BCUT2D eigenvalue weighted by Crippen LogP contribution is -2.42. The van der Waals surface area contributed by atoms with Crippen molar-refractivity contribution in [3.05, 3.63) is 29.3 Å². The number of amides is 2. The molecule has 1 aliphatic heterocycles. The van der Waals surface area contributed by atoms with E-state index in [-0.39, 0.29) is 24.4 Å². The van der Waals surface area contributed by atoms with Crippen LogP contribution in [0.25, 0.3) is 10.2 Å². The van der Waals surface area contributed by atoms with Gasteiger partial charge in [-0.1, -0.05) is 12.1 Å². The molecule has 128 valence electrons. The highest BCUT2D eigenvalue weighted by molar-refractivity contribution is 7.18. The fraction of sp³-hybridized carbons (Fsp3) is 0.471. The molecule has 0 spiro atoms. The Morgan fingerprint density at radius 1 is 1.42 bits per heavy atom. The number of nitrogens with zero attached hydrogens (tertiary/aromatic N) is 3. The molecule has 1 aromatic carbocycles. The largest absolute Gasteiger partial charge is 0.358 e. The number of likely N-dealkylation sites (tertiary alicyclic amines) is 1. The minimum absolute atomic E-state index is 0.0355. The summed E-state index contributed by atoms with van der Waals surface area (Å²) in [6.45, 7) is 1.31. The Morgan fingerprint density at radius 3 is 2.96 bits per heavy atom. The molecule has 2 heterocycles. The van der Waals surface area contributed by atoms with Crippen LogP contribution in [0.1, 0.15) is 23.9 Å². The van der Waals surface area contributed by atoms with Crippen LogP contribution in [0.5, 0.6) is 0 Å². The number of aromatic nitrogens is 1. The molecule has 1 N–H and O–H groups in total. The van der Waals surface area contributed by atoms with Gasteiger partial charge in [0.2, 0.25) is 11.8 Å². The maximum Gasteiger partial charge on any atom is 0.239 e. The van der Waals surface area contributed by atoms with E-state index in [0.29, 0.717) is 6.54 Å². The first kappa shape index (κ1) is 16.9. The number of rotatable bonds is 5. The molecule has 1 atom stereocenters. The maximum atomic E-state index is 12.4. The fourth-order valence-corrected chi connectivity index (χ4v) is 4.14. The van der Waals surface area contributed by atoms with Gasteiger partial charge in [0.05, 0.1) is 29.3 Å². The van der Waals surface area contributed by atoms with E-state index >= 15 is 0 Å². The number of thiazole rings is 1. The molecule has 0 unspecified atom stereocenters. The van der Waals surface area contributed by atoms with Crippen LogP contribution >= 0.6 is 11.3 Å². The third kappa shape index (κ3) is 3.57. The molecule has 1 saturated heterocycles. The maximum absolute atomic E-state index is 12.4. The number of benzene rings is 1. The Hall–Kier alpha value is -1.99. The molecule has 1 aliphatic rings. The smallest absolute Gasteiger partial charge is 0.239 e. The van der Waals surface area contributed by atoms with Crippen molar-refractivity contribution in [2.24, 2.45) is 0 Å². The zero-order chi connectivity index (χ0) is 17.1. The predicted octanol–water partition coefficient (Wildman–Crippen LogP) is 1.64. The summed E-state index contributed by atoms with van der Waals surface area (Å²) in [5.74, 6) is -0.193. The lowest BCUT2D eigenvalue weighted by atomic mass is 10.2. The van der Waals surface area contributed by atoms with Crippen LogP contribution in [0.3, 0.4) is 0 Å². The van der Waals surface area contributed by atoms with Crippen molar-refractivity contribution < 1.29 is 9.59 Å². The zero-order valence-electron chi connectivity index (χ0n) is 14.0. The van der Waals surface area contributed by atoms with Crippen molar-refractivity contribution in [3.63, 3.8) is 0 Å². The Kier molecular flexibility index (Phi) is 5.11. The van der Waals surface area contributed by atoms with Gasteiger partial charge < -0.3 is 10.2 Å². The van der Waals surface area contributed by atoms with E-state index in [1.165, 1.54) is 9.60 Å². The average molecular weight is 346 g/mol. The second kappa shape index (κ2) is 7.27. The van der Waals surface area contributed by atoms with Gasteiger partial charge in [0.25, 0.3) is 0 Å². The number of carbonyl (C=O) groups excluding carboxylic acids is 2. The first-order chi connectivity index (χ1) is 11.6. The van der Waals surface area contributed by atoms with Crippen LogP contribution in [0.2, 0.25) is 0 Å². The average Bonchev–Trinajstić information content (AvgIpc) is 3.20. The minimum Gasteiger partial charge on any atom is -0.358 e. The fourth-order valence-electron chi connectivity index (χ4n) is 3.00. The highest BCUT2D eigenvalue weighted by Gasteiger charge is 2.30. The van der Waals surface area contributed by atoms with Crippen LogP contribution in [0.4, 0.5) is 0 Å². The Labute approximate surface area is 145 Å². The topological polar surface area (TPSA) is 65.5 Å². The number of hydrogen-bond donors (Lipinski definition) is 1. The van der Waals surface area contributed by atoms with Crippen molar-refractivity contribution in [2.45, 2.75) is 18.9 Å². The van der Waals surface area contributed by atoms with Gasteiger partial charge in [0.1, 0.15) is 5.01 Å². The summed E-state index contributed by atoms with van der Waals surface area (Å²) in [5, 5.41) is 3.62. The number of fused-ring (bicyclic) bond motifs is 1. The Balaban J connectivity index is 1.69. The second-order valence-electron chi connectivity index (χ2n) is 6.07. The van der Waals surface area contributed by atoms with E-state index in [9.17, 15) is 9.59 Å². The Bertz CT molecular complexity index is 712. The lowest BCUT2D eigenvalue weighted by Gasteiger charge is -2.25. The number of hydrogen-bond acceptors (Lipinski definition) is 5. The molecule has 24 heavy (non-hydrogen) atoms. The summed E-state index contributed by atoms with van der Waals surface area (Å²) in [6, 6.07) is 8.32. The number of carbonyl (C=O) groups is 2. The quantitative estimate of drug-likeness (QED) is 0.894. The molecule has 3 rings (SSSR count). The summed E-state index contributed by atoms with van der Waals surface area (Å²) in [5.41, 5.74) is 1.02. The van der Waals surface area contributed by atoms with Gasteiger partial charge in [-0.25, -0.2) is 4.98 Å². The van der Waals surface area contributed by atoms with Crippen LogP contribution < -0.4 is 5.32 Å². The first-order valence-corrected chi connectivity index (χ1v) is 8.94. The Morgan fingerprint density at radius 2 is 2.21 bits per heavy atom. The molecule has 1 aromatic heterocycles. The normalized spacial score (nSPS) is 18.0. The summed E-state index contributed by atoms with van der Waals surface area (Å²) in [6.07, 6.45) is 2.08. The second-order valence-corrected chi connectivity index (χ2v) is 7.13. The van der Waals surface area contributed by atoms with E-state index in [4.69, 9.17) is 4.98 Å². The molecule has 1 fully saturated rings. The van der Waals surface area contributed by atoms with Crippen molar-refractivity contribution >= 4 is 33.4 Å². The third-order valence-electron chi connectivity index (χ3n) is 4.38. The minimum atomic E-state index is -0.157. The van der Waals surface area contributed by atoms with Crippen LogP contribution in [-0.2, 0) is 9.59 Å². The molecule has 2 aromatic rings. The van der Waals surface area contributed by atoms with Gasteiger partial charge in [-0.15, -0.1) is 11.3 Å². The van der Waals surface area contributed by atoms with Crippen molar-refractivity contribution in [3.8, 4) is 0 Å². The van der Waals surface area contributed by atoms with Gasteiger partial charge in [0.15, 0.2) is 0 Å². The summed E-state index contributed by atoms with van der Waals surface area (Å²) in [7, 11) is 3.24. The summed E-state index contributed by atoms with van der Waals surface area (Å²) >= 11 is 1.71. The van der Waals surface area contributed by atoms with Gasteiger partial charge in [-0.2, -0.15) is 0 Å². The van der Waals surface area contributed by atoms with Gasteiger partial charge in [-0.05, 0) is 31.5 Å². The SMILES string of the molecule is CNC(=O)CN(C)C(=O)CN1CCC[C@H]1c1nc2ccccc2s1. The molecular weight excluding hydrogens is 324 g/mol. The first-order valence-electron chi connectivity index (χ1n) is 8.12. The van der Waals surface area contributed by atoms with Crippen LogP contribution in [-0.4, -0.2) is 60.3 Å². The van der Waals surface area contributed by atoms with E-state index in [1.54, 1.807) is 25.4 Å². The molecule has 0 radical (unpaired) electrons. The van der Waals surface area contributed by atoms with E-state index < -0.39 is 0 Å². The van der Waals surface area contributed by atoms with E-state index in [2.05, 4.69) is 16.3 Å². The van der Waals surface area contributed by atoms with Crippen molar-refractivity contribution in [1.82, 2.24) is 20.1 Å². The molecule has 0 aliphatic carbocycles. The summed E-state index contributed by atoms with van der Waals surface area (Å²) in [4.78, 5) is 32.2. The molecule has 0 bridgehead atoms. The molecule has 6 nitrogen and oxygen atoms in total. The van der Waals surface area contributed by atoms with E-state index in [1.807, 2.05) is 18.2 Å². The molecular formula is C17H22N4O2S. The van der Waals surface area contributed by atoms with Gasteiger partial charge in [0, 0.05) is 14.1 Å². The zero-order valence-corrected chi connectivity index (χ0v) is 14.8. The van der Waals surface area contributed by atoms with Gasteiger partial charge in [-0.3, -0.25) is 14.5 Å². The molecule has 0 saturated carbocycles. The molecule has 7 heteroatoms. The van der Waals surface area contributed by atoms with Crippen molar-refractivity contribution in [2.75, 3.05) is 33.7 Å². The van der Waals surface area contributed by atoms with E-state index in [0.717, 1.165) is 29.9 Å². The third-order valence-corrected chi connectivity index (χ3v) is 5.52. The standard InChI is InChI=1S/C17H22N4O2S/c1-18-15(22)10-20(2)16(23)11-21-9-5-7-13(21)17-19-12-6-3-4-8-14(12)24-17/h3-4,6,8,13H,5,7,9-11H2,1-2H3,(H,18,22)/t13-/m0/s1. The summed E-state index contributed by atoms with van der Waals surface area (Å²) < 4.78 is 1.18. The predicted molar refractivity (Wildman–Crippen MR) is 94.9 cm³/mol. The number of para-hydroxylation sites is 1. The highest BCUT2D eigenvalue weighted by atomic mass is 32.1. The van der Waals surface area contributed by atoms with Gasteiger partial charge >= 0.3 is 0 Å². The van der Waals surface area contributed by atoms with Crippen LogP contribution in [0, 0.1) is 0 Å².